The van der Waals surface area contributed by atoms with Gasteiger partial charge in [0, 0.05) is 0 Å². The number of carboxylic acids is 1. The minimum atomic E-state index is -1.59. The highest BCUT2D eigenvalue weighted by molar-refractivity contribution is 6.07. The lowest BCUT2D eigenvalue weighted by Crippen LogP contribution is -2.49. The Labute approximate surface area is 188 Å². The average molecular weight is 438 g/mol. The first kappa shape index (κ1) is 29.1. The predicted octanol–water partition coefficient (Wildman–Crippen LogP) is 5.40. The molecular weight excluding hydrogens is 394 g/mol. The highest BCUT2D eigenvalue weighted by Crippen LogP contribution is 2.10. The van der Waals surface area contributed by atoms with Crippen LogP contribution in [0.2, 0.25) is 0 Å². The third kappa shape index (κ3) is 14.6. The fourth-order valence-electron chi connectivity index (χ4n) is 3.30. The Morgan fingerprint density at radius 3 is 1.45 bits per heavy atom. The van der Waals surface area contributed by atoms with Crippen LogP contribution >= 0.6 is 0 Å². The number of aliphatic hydroxyl groups is 1. The van der Waals surface area contributed by atoms with Crippen molar-refractivity contribution in [1.29, 1.82) is 0 Å². The fourth-order valence-corrected chi connectivity index (χ4v) is 3.30. The lowest BCUT2D eigenvalue weighted by molar-refractivity contribution is -0.156. The first-order valence-electron chi connectivity index (χ1n) is 12.0. The van der Waals surface area contributed by atoms with Crippen LogP contribution in [0.3, 0.4) is 0 Å². The van der Waals surface area contributed by atoms with Gasteiger partial charge in [-0.3, -0.25) is 14.5 Å². The maximum atomic E-state index is 12.5. The molecule has 178 valence electrons. The highest BCUT2D eigenvalue weighted by Gasteiger charge is 2.32. The van der Waals surface area contributed by atoms with Crippen LogP contribution in [0.5, 0.6) is 0 Å². The molecule has 0 aromatic carbocycles. The topological polar surface area (TPSA) is 94.9 Å². The third-order valence-corrected chi connectivity index (χ3v) is 5.21. The quantitative estimate of drug-likeness (QED) is 0.208. The zero-order chi connectivity index (χ0) is 23.3. The summed E-state index contributed by atoms with van der Waals surface area (Å²) in [6.45, 7) is 3.52. The summed E-state index contributed by atoms with van der Waals surface area (Å²) < 4.78 is 0. The SMILES string of the molecule is CCCCCCCCC=CC(=O)N(C(=O)C=CCCCCCCCC)[C@@H](CO)C(=O)O. The molecule has 31 heavy (non-hydrogen) atoms. The first-order chi connectivity index (χ1) is 15.0. The zero-order valence-electron chi connectivity index (χ0n) is 19.6. The second-order valence-corrected chi connectivity index (χ2v) is 8.00. The lowest BCUT2D eigenvalue weighted by atomic mass is 10.1. The van der Waals surface area contributed by atoms with E-state index in [1.54, 1.807) is 12.2 Å². The molecule has 0 rings (SSSR count). The monoisotopic (exact) mass is 437 g/mol. The molecule has 1 atom stereocenters. The molecule has 0 aliphatic carbocycles. The summed E-state index contributed by atoms with van der Waals surface area (Å²) in [7, 11) is 0. The molecule has 0 spiro atoms. The Kier molecular flexibility index (Phi) is 18.7. The Hall–Kier alpha value is -1.95. The molecule has 0 unspecified atom stereocenters. The van der Waals surface area contributed by atoms with Gasteiger partial charge in [0.05, 0.1) is 6.61 Å². The number of unbranched alkanes of at least 4 members (excludes halogenated alkanes) is 12. The molecule has 2 amide bonds. The number of hydrogen-bond donors (Lipinski definition) is 2. The molecule has 0 aliphatic rings. The largest absolute Gasteiger partial charge is 0.480 e. The summed E-state index contributed by atoms with van der Waals surface area (Å²) in [4.78, 5) is 37.1. The number of hydrogen-bond acceptors (Lipinski definition) is 4. The second kappa shape index (κ2) is 20.0. The molecule has 0 aromatic heterocycles. The van der Waals surface area contributed by atoms with Crippen molar-refractivity contribution in [3.05, 3.63) is 24.3 Å². The average Bonchev–Trinajstić information content (AvgIpc) is 2.75. The van der Waals surface area contributed by atoms with Gasteiger partial charge in [-0.25, -0.2) is 4.79 Å². The van der Waals surface area contributed by atoms with E-state index < -0.39 is 30.4 Å². The molecule has 0 radical (unpaired) electrons. The van der Waals surface area contributed by atoms with Crippen molar-refractivity contribution in [3.63, 3.8) is 0 Å². The Bertz CT molecular complexity index is 518. The predicted molar refractivity (Wildman–Crippen MR) is 125 cm³/mol. The van der Waals surface area contributed by atoms with Gasteiger partial charge >= 0.3 is 5.97 Å². The smallest absolute Gasteiger partial charge is 0.329 e. The minimum absolute atomic E-state index is 0.637. The summed E-state index contributed by atoms with van der Waals surface area (Å²) in [5, 5.41) is 18.7. The molecular formula is C25H43NO5. The maximum absolute atomic E-state index is 12.5. The lowest BCUT2D eigenvalue weighted by Gasteiger charge is -2.23. The van der Waals surface area contributed by atoms with Crippen molar-refractivity contribution in [2.45, 2.75) is 110 Å². The van der Waals surface area contributed by atoms with Crippen LogP contribution in [0, 0.1) is 0 Å². The Balaban J connectivity index is 4.67. The van der Waals surface area contributed by atoms with Crippen LogP contribution < -0.4 is 0 Å². The van der Waals surface area contributed by atoms with Crippen molar-refractivity contribution >= 4 is 17.8 Å². The van der Waals surface area contributed by atoms with Crippen molar-refractivity contribution < 1.29 is 24.6 Å². The number of aliphatic carboxylic acids is 1. The minimum Gasteiger partial charge on any atom is -0.480 e. The maximum Gasteiger partial charge on any atom is 0.329 e. The van der Waals surface area contributed by atoms with Crippen LogP contribution in [0.1, 0.15) is 104 Å². The fraction of sp³-hybridized carbons (Fsp3) is 0.720. The molecule has 6 nitrogen and oxygen atoms in total. The van der Waals surface area contributed by atoms with Crippen molar-refractivity contribution in [2.75, 3.05) is 6.61 Å². The van der Waals surface area contributed by atoms with Gasteiger partial charge in [-0.15, -0.1) is 0 Å². The van der Waals surface area contributed by atoms with E-state index in [0.29, 0.717) is 17.7 Å². The van der Waals surface area contributed by atoms with E-state index >= 15 is 0 Å². The zero-order valence-corrected chi connectivity index (χ0v) is 19.6. The number of carbonyl (C=O) groups excluding carboxylic acids is 2. The van der Waals surface area contributed by atoms with E-state index in [9.17, 15) is 24.6 Å². The van der Waals surface area contributed by atoms with Gasteiger partial charge in [-0.2, -0.15) is 0 Å². The number of rotatable bonds is 19. The molecule has 0 aliphatic heterocycles. The molecule has 0 heterocycles. The number of aliphatic hydroxyl groups excluding tert-OH is 1. The Morgan fingerprint density at radius 1 is 0.710 bits per heavy atom. The number of imide groups is 1. The van der Waals surface area contributed by atoms with Crippen molar-refractivity contribution in [3.8, 4) is 0 Å². The van der Waals surface area contributed by atoms with Crippen molar-refractivity contribution in [2.24, 2.45) is 0 Å². The Morgan fingerprint density at radius 2 is 1.10 bits per heavy atom. The van der Waals surface area contributed by atoms with Crippen LogP contribution in [-0.2, 0) is 14.4 Å². The highest BCUT2D eigenvalue weighted by atomic mass is 16.4. The van der Waals surface area contributed by atoms with Gasteiger partial charge in [0.15, 0.2) is 6.04 Å². The number of allylic oxidation sites excluding steroid dienone is 2. The van der Waals surface area contributed by atoms with E-state index in [-0.39, 0.29) is 0 Å². The number of carbonyl (C=O) groups is 3. The third-order valence-electron chi connectivity index (χ3n) is 5.21. The van der Waals surface area contributed by atoms with Crippen LogP contribution in [0.25, 0.3) is 0 Å². The van der Waals surface area contributed by atoms with Crippen molar-refractivity contribution in [1.82, 2.24) is 4.90 Å². The molecule has 0 saturated heterocycles. The molecule has 2 N–H and O–H groups in total. The molecule has 0 aromatic rings. The standard InChI is InChI=1S/C25H43NO5/c1-3-5-7-9-11-13-15-17-19-23(28)26(22(21-27)25(30)31)24(29)20-18-16-14-12-10-8-6-4-2/h17-20,22,27H,3-16,21H2,1-2H3,(H,30,31)/t22-/m0/s1. The molecule has 0 saturated carbocycles. The summed E-state index contributed by atoms with van der Waals surface area (Å²) >= 11 is 0. The number of amides is 2. The van der Waals surface area contributed by atoms with Crippen LogP contribution in [0.15, 0.2) is 24.3 Å². The number of carboxylic acid groups (broad SMARTS) is 1. The van der Waals surface area contributed by atoms with Crippen LogP contribution in [-0.4, -0.2) is 45.5 Å². The van der Waals surface area contributed by atoms with E-state index in [1.807, 2.05) is 0 Å². The summed E-state index contributed by atoms with van der Waals surface area (Å²) in [5.41, 5.74) is 0. The summed E-state index contributed by atoms with van der Waals surface area (Å²) in [6, 6.07) is -1.59. The molecule has 0 bridgehead atoms. The van der Waals surface area contributed by atoms with Gasteiger partial charge in [-0.1, -0.05) is 90.2 Å². The van der Waals surface area contributed by atoms with Gasteiger partial charge in [0.25, 0.3) is 11.8 Å². The summed E-state index contributed by atoms with van der Waals surface area (Å²) in [5.74, 6) is -2.82. The van der Waals surface area contributed by atoms with E-state index in [4.69, 9.17) is 0 Å². The van der Waals surface area contributed by atoms with Crippen LogP contribution in [0.4, 0.5) is 0 Å². The van der Waals surface area contributed by atoms with E-state index in [0.717, 1.165) is 38.5 Å². The van der Waals surface area contributed by atoms with Gasteiger partial charge in [0.2, 0.25) is 0 Å². The van der Waals surface area contributed by atoms with E-state index in [1.165, 1.54) is 50.7 Å². The molecule has 0 fully saturated rings. The second-order valence-electron chi connectivity index (χ2n) is 8.00. The summed E-state index contributed by atoms with van der Waals surface area (Å²) in [6.07, 6.45) is 20.9. The molecule has 6 heteroatoms. The van der Waals surface area contributed by atoms with Gasteiger partial charge in [-0.05, 0) is 37.8 Å². The van der Waals surface area contributed by atoms with Gasteiger partial charge in [0.1, 0.15) is 0 Å². The normalized spacial score (nSPS) is 12.5. The first-order valence-corrected chi connectivity index (χ1v) is 12.0. The van der Waals surface area contributed by atoms with E-state index in [2.05, 4.69) is 13.8 Å². The van der Waals surface area contributed by atoms with Gasteiger partial charge < -0.3 is 10.2 Å². The number of nitrogens with zero attached hydrogens (tertiary/aromatic N) is 1.